The molecule has 1 N–H and O–H groups in total. The van der Waals surface area contributed by atoms with Gasteiger partial charge in [-0.05, 0) is 12.8 Å². The minimum Gasteiger partial charge on any atom is -0.360 e. The first-order valence-corrected chi connectivity index (χ1v) is 8.71. The van der Waals surface area contributed by atoms with Gasteiger partial charge >= 0.3 is 0 Å². The van der Waals surface area contributed by atoms with Crippen LogP contribution in [0.1, 0.15) is 22.8 Å². The van der Waals surface area contributed by atoms with Gasteiger partial charge in [0.05, 0.1) is 11.9 Å². The highest BCUT2D eigenvalue weighted by Gasteiger charge is 2.24. The van der Waals surface area contributed by atoms with Gasteiger partial charge in [-0.15, -0.1) is 11.3 Å². The Kier molecular flexibility index (Phi) is 3.85. The SMILES string of the molecule is Cn1ncc2c1CCc1sc(NC(=O)CCc3cc(Cl)no3)nc1-2. The maximum absolute atomic E-state index is 12.1. The number of hydrogen-bond donors (Lipinski definition) is 1. The molecule has 3 heterocycles. The summed E-state index contributed by atoms with van der Waals surface area (Å²) in [5.41, 5.74) is 3.19. The molecule has 0 aromatic carbocycles. The lowest BCUT2D eigenvalue weighted by atomic mass is 10.0. The Morgan fingerprint density at radius 3 is 3.17 bits per heavy atom. The first-order chi connectivity index (χ1) is 11.6. The highest BCUT2D eigenvalue weighted by molar-refractivity contribution is 7.16. The van der Waals surface area contributed by atoms with Crippen LogP contribution in [-0.4, -0.2) is 25.8 Å². The monoisotopic (exact) mass is 363 g/mol. The predicted octanol–water partition coefficient (Wildman–Crippen LogP) is 2.85. The Labute approximate surface area is 146 Å². The number of nitrogens with zero attached hydrogens (tertiary/aromatic N) is 4. The van der Waals surface area contributed by atoms with Gasteiger partial charge in [0.2, 0.25) is 5.91 Å². The zero-order valence-corrected chi connectivity index (χ0v) is 14.4. The lowest BCUT2D eigenvalue weighted by Crippen LogP contribution is -2.12. The van der Waals surface area contributed by atoms with Gasteiger partial charge in [-0.3, -0.25) is 9.48 Å². The van der Waals surface area contributed by atoms with Crippen molar-refractivity contribution in [2.75, 3.05) is 5.32 Å². The smallest absolute Gasteiger partial charge is 0.226 e. The van der Waals surface area contributed by atoms with Gasteiger partial charge in [0.15, 0.2) is 10.3 Å². The second-order valence-corrected chi connectivity index (χ2v) is 7.05. The van der Waals surface area contributed by atoms with Gasteiger partial charge in [0.1, 0.15) is 5.76 Å². The number of aromatic nitrogens is 4. The van der Waals surface area contributed by atoms with Gasteiger partial charge in [0.25, 0.3) is 0 Å². The maximum Gasteiger partial charge on any atom is 0.226 e. The fraction of sp³-hybridized carbons (Fsp3) is 0.333. The molecule has 124 valence electrons. The molecular formula is C15H14ClN5O2S. The van der Waals surface area contributed by atoms with Crippen LogP contribution in [0.5, 0.6) is 0 Å². The maximum atomic E-state index is 12.1. The minimum absolute atomic E-state index is 0.111. The van der Waals surface area contributed by atoms with Crippen LogP contribution in [0.15, 0.2) is 16.8 Å². The Morgan fingerprint density at radius 2 is 2.38 bits per heavy atom. The van der Waals surface area contributed by atoms with Crippen LogP contribution in [0.3, 0.4) is 0 Å². The molecule has 1 amide bonds. The van der Waals surface area contributed by atoms with Crippen LogP contribution >= 0.6 is 22.9 Å². The number of aryl methyl sites for hydroxylation is 3. The highest BCUT2D eigenvalue weighted by atomic mass is 35.5. The summed E-state index contributed by atoms with van der Waals surface area (Å²) in [6.45, 7) is 0. The van der Waals surface area contributed by atoms with Crippen LogP contribution in [0, 0.1) is 0 Å². The lowest BCUT2D eigenvalue weighted by molar-refractivity contribution is -0.116. The number of nitrogens with one attached hydrogen (secondary N) is 1. The Hall–Kier alpha value is -2.19. The number of anilines is 1. The molecule has 0 saturated heterocycles. The first-order valence-electron chi connectivity index (χ1n) is 7.52. The lowest BCUT2D eigenvalue weighted by Gasteiger charge is -2.10. The van der Waals surface area contributed by atoms with Crippen LogP contribution < -0.4 is 5.32 Å². The van der Waals surface area contributed by atoms with Crippen LogP contribution in [-0.2, 0) is 31.1 Å². The zero-order chi connectivity index (χ0) is 16.7. The van der Waals surface area contributed by atoms with Gasteiger partial charge < -0.3 is 9.84 Å². The van der Waals surface area contributed by atoms with Crippen molar-refractivity contribution in [2.24, 2.45) is 7.05 Å². The Bertz CT molecular complexity index is 913. The third-order valence-electron chi connectivity index (χ3n) is 3.98. The number of rotatable bonds is 4. The fourth-order valence-corrected chi connectivity index (χ4v) is 3.95. The largest absolute Gasteiger partial charge is 0.360 e. The van der Waals surface area contributed by atoms with Crippen molar-refractivity contribution < 1.29 is 9.32 Å². The molecule has 9 heteroatoms. The predicted molar refractivity (Wildman–Crippen MR) is 90.2 cm³/mol. The normalized spacial score (nSPS) is 12.8. The Balaban J connectivity index is 1.45. The summed E-state index contributed by atoms with van der Waals surface area (Å²) < 4.78 is 6.88. The average molecular weight is 364 g/mol. The van der Waals surface area contributed by atoms with Gasteiger partial charge in [-0.2, -0.15) is 5.10 Å². The first kappa shape index (κ1) is 15.3. The fourth-order valence-electron chi connectivity index (χ4n) is 2.80. The van der Waals surface area contributed by atoms with Crippen molar-refractivity contribution in [3.8, 4) is 11.3 Å². The molecule has 7 nitrogen and oxygen atoms in total. The molecule has 0 saturated carbocycles. The van der Waals surface area contributed by atoms with E-state index >= 15 is 0 Å². The summed E-state index contributed by atoms with van der Waals surface area (Å²) in [5, 5.41) is 11.7. The number of amides is 1. The zero-order valence-electron chi connectivity index (χ0n) is 12.9. The minimum atomic E-state index is -0.111. The van der Waals surface area contributed by atoms with Crippen molar-refractivity contribution in [2.45, 2.75) is 25.7 Å². The van der Waals surface area contributed by atoms with Crippen molar-refractivity contribution in [1.82, 2.24) is 19.9 Å². The summed E-state index contributed by atoms with van der Waals surface area (Å²) in [6, 6.07) is 1.61. The van der Waals surface area contributed by atoms with E-state index in [4.69, 9.17) is 16.1 Å². The third-order valence-corrected chi connectivity index (χ3v) is 5.19. The summed E-state index contributed by atoms with van der Waals surface area (Å²) in [4.78, 5) is 17.9. The van der Waals surface area contributed by atoms with E-state index in [1.165, 1.54) is 21.9 Å². The van der Waals surface area contributed by atoms with Crippen molar-refractivity contribution >= 4 is 34.0 Å². The third kappa shape index (κ3) is 2.83. The van der Waals surface area contributed by atoms with Gasteiger partial charge in [0, 0.05) is 42.1 Å². The number of halogens is 1. The van der Waals surface area contributed by atoms with Gasteiger partial charge in [-0.25, -0.2) is 4.98 Å². The van der Waals surface area contributed by atoms with Crippen molar-refractivity contribution in [3.63, 3.8) is 0 Å². The number of hydrogen-bond acceptors (Lipinski definition) is 6. The number of thiazole rings is 1. The molecule has 1 aliphatic carbocycles. The number of carbonyl (C=O) groups excluding carboxylic acids is 1. The highest BCUT2D eigenvalue weighted by Crippen LogP contribution is 2.37. The van der Waals surface area contributed by atoms with Crippen LogP contribution in [0.4, 0.5) is 5.13 Å². The summed E-state index contributed by atoms with van der Waals surface area (Å²) in [7, 11) is 1.94. The molecule has 3 aromatic heterocycles. The van der Waals surface area contributed by atoms with Crippen molar-refractivity contribution in [3.05, 3.63) is 33.7 Å². The molecule has 0 spiro atoms. The van der Waals surface area contributed by atoms with E-state index in [2.05, 4.69) is 20.6 Å². The molecule has 0 bridgehead atoms. The number of carbonyl (C=O) groups is 1. The summed E-state index contributed by atoms with van der Waals surface area (Å²) >= 11 is 7.21. The molecule has 4 rings (SSSR count). The van der Waals surface area contributed by atoms with Gasteiger partial charge in [-0.1, -0.05) is 16.8 Å². The molecule has 24 heavy (non-hydrogen) atoms. The topological polar surface area (TPSA) is 85.8 Å². The molecule has 0 radical (unpaired) electrons. The van der Waals surface area contributed by atoms with E-state index in [0.29, 0.717) is 22.5 Å². The second kappa shape index (κ2) is 6.03. The summed E-state index contributed by atoms with van der Waals surface area (Å²) in [6.07, 6.45) is 4.44. The second-order valence-electron chi connectivity index (χ2n) is 5.58. The molecule has 0 fully saturated rings. The quantitative estimate of drug-likeness (QED) is 0.770. The average Bonchev–Trinajstić information content (AvgIpc) is 3.24. The summed E-state index contributed by atoms with van der Waals surface area (Å²) in [5.74, 6) is 0.480. The molecule has 0 aliphatic heterocycles. The molecule has 0 unspecified atom stereocenters. The molecule has 1 aliphatic rings. The van der Waals surface area contributed by atoms with Crippen molar-refractivity contribution in [1.29, 1.82) is 0 Å². The van der Waals surface area contributed by atoms with E-state index in [0.717, 1.165) is 24.1 Å². The Morgan fingerprint density at radius 1 is 1.50 bits per heavy atom. The van der Waals surface area contributed by atoms with E-state index in [9.17, 15) is 4.79 Å². The van der Waals surface area contributed by atoms with E-state index in [1.807, 2.05) is 17.9 Å². The van der Waals surface area contributed by atoms with Crippen LogP contribution in [0.2, 0.25) is 5.15 Å². The van der Waals surface area contributed by atoms with E-state index < -0.39 is 0 Å². The molecular weight excluding hydrogens is 350 g/mol. The molecule has 0 atom stereocenters. The standard InChI is InChI=1S/C15H14ClN5O2S/c1-21-10-3-4-11-14(9(10)7-17-21)19-15(24-11)18-13(22)5-2-8-6-12(16)20-23-8/h6-7H,2-5H2,1H3,(H,18,19,22). The van der Waals surface area contributed by atoms with E-state index in [-0.39, 0.29) is 12.3 Å². The number of fused-ring (bicyclic) bond motifs is 3. The molecule has 3 aromatic rings. The van der Waals surface area contributed by atoms with Crippen LogP contribution in [0.25, 0.3) is 11.3 Å². The van der Waals surface area contributed by atoms with E-state index in [1.54, 1.807) is 6.07 Å².